The van der Waals surface area contributed by atoms with Crippen molar-refractivity contribution < 1.29 is 0 Å². The molecule has 5 atom stereocenters. The highest BCUT2D eigenvalue weighted by molar-refractivity contribution is 5.20. The van der Waals surface area contributed by atoms with Crippen LogP contribution in [0.2, 0.25) is 0 Å². The zero-order valence-corrected chi connectivity index (χ0v) is 14.8. The van der Waals surface area contributed by atoms with Gasteiger partial charge in [0.25, 0.3) is 0 Å². The number of hydrogen-bond donors (Lipinski definition) is 1. The summed E-state index contributed by atoms with van der Waals surface area (Å²) in [5, 5.41) is 3.74. The fraction of sp³-hybridized carbons (Fsp3) is 0.850. The summed E-state index contributed by atoms with van der Waals surface area (Å²) in [4.78, 5) is 0. The Balaban J connectivity index is 1.96. The molecule has 1 N–H and O–H groups in total. The van der Waals surface area contributed by atoms with Crippen LogP contribution in [0.3, 0.4) is 0 Å². The summed E-state index contributed by atoms with van der Waals surface area (Å²) < 4.78 is 0. The lowest BCUT2D eigenvalue weighted by Gasteiger charge is -2.47. The van der Waals surface area contributed by atoms with E-state index < -0.39 is 0 Å². The average molecular weight is 290 g/mol. The molecule has 1 saturated heterocycles. The highest BCUT2D eigenvalue weighted by Gasteiger charge is 2.54. The van der Waals surface area contributed by atoms with Crippen LogP contribution in [-0.2, 0) is 0 Å². The van der Waals surface area contributed by atoms with Crippen molar-refractivity contribution in [3.63, 3.8) is 0 Å². The fourth-order valence-electron chi connectivity index (χ4n) is 4.07. The van der Waals surface area contributed by atoms with Gasteiger partial charge in [-0.3, -0.25) is 0 Å². The van der Waals surface area contributed by atoms with Crippen LogP contribution in [0.4, 0.5) is 0 Å². The van der Waals surface area contributed by atoms with Gasteiger partial charge in [-0.15, -0.1) is 5.73 Å². The number of nitrogens with one attached hydrogen (secondary N) is 1. The van der Waals surface area contributed by atoms with Gasteiger partial charge in [0.2, 0.25) is 0 Å². The Bertz CT molecular complexity index is 404. The molecule has 1 heteroatoms. The van der Waals surface area contributed by atoms with E-state index in [2.05, 4.69) is 51.7 Å². The molecule has 1 aliphatic carbocycles. The average Bonchev–Trinajstić information content (AvgIpc) is 2.73. The van der Waals surface area contributed by atoms with Gasteiger partial charge in [0.15, 0.2) is 0 Å². The largest absolute Gasteiger partial charge is 0.312 e. The van der Waals surface area contributed by atoms with E-state index in [1.165, 1.54) is 44.2 Å². The highest BCUT2D eigenvalue weighted by Crippen LogP contribution is 2.51. The van der Waals surface area contributed by atoms with Crippen molar-refractivity contribution >= 4 is 0 Å². The number of rotatable bonds is 7. The van der Waals surface area contributed by atoms with Gasteiger partial charge >= 0.3 is 0 Å². The second kappa shape index (κ2) is 7.16. The maximum atomic E-state index is 3.74. The standard InChI is InChI=1S/C20H35N/c1-6-15(3)8-9-17(5)18-11-13-20(14-21-19(18)20)12-10-16(4)7-2/h12,15,17-19,21H,6-9,11,13-14H2,1-5H3. The van der Waals surface area contributed by atoms with Crippen molar-refractivity contribution in [2.75, 3.05) is 6.54 Å². The predicted octanol–water partition coefficient (Wildman–Crippen LogP) is 5.33. The van der Waals surface area contributed by atoms with E-state index in [9.17, 15) is 0 Å². The minimum atomic E-state index is 0.436. The third kappa shape index (κ3) is 3.63. The lowest BCUT2D eigenvalue weighted by Crippen LogP contribution is -2.61. The molecule has 21 heavy (non-hydrogen) atoms. The Kier molecular flexibility index (Phi) is 5.74. The molecule has 1 heterocycles. The van der Waals surface area contributed by atoms with Crippen LogP contribution in [0.5, 0.6) is 0 Å². The molecule has 0 amide bonds. The van der Waals surface area contributed by atoms with Crippen molar-refractivity contribution in [1.82, 2.24) is 5.32 Å². The first-order chi connectivity index (χ1) is 10.0. The number of fused-ring (bicyclic) bond motifs is 1. The molecule has 2 rings (SSSR count). The van der Waals surface area contributed by atoms with Crippen LogP contribution in [0.15, 0.2) is 17.4 Å². The van der Waals surface area contributed by atoms with Crippen LogP contribution in [0.25, 0.3) is 0 Å². The Labute approximate surface area is 132 Å². The van der Waals surface area contributed by atoms with Gasteiger partial charge in [0.1, 0.15) is 0 Å². The molecule has 0 radical (unpaired) electrons. The van der Waals surface area contributed by atoms with Crippen molar-refractivity contribution in [3.8, 4) is 0 Å². The van der Waals surface area contributed by atoms with Crippen LogP contribution >= 0.6 is 0 Å². The molecule has 0 bridgehead atoms. The first kappa shape index (κ1) is 16.8. The molecular weight excluding hydrogens is 254 g/mol. The van der Waals surface area contributed by atoms with Gasteiger partial charge < -0.3 is 5.32 Å². The first-order valence-corrected chi connectivity index (χ1v) is 9.19. The molecule has 1 aliphatic heterocycles. The molecular formula is C20H35N. The molecule has 1 nitrogen and oxygen atoms in total. The van der Waals surface area contributed by atoms with Gasteiger partial charge in [-0.25, -0.2) is 0 Å². The minimum absolute atomic E-state index is 0.436. The smallest absolute Gasteiger partial charge is 0.0238 e. The maximum Gasteiger partial charge on any atom is 0.0238 e. The van der Waals surface area contributed by atoms with Crippen molar-refractivity contribution in [3.05, 3.63) is 17.4 Å². The molecule has 0 aromatic rings. The lowest BCUT2D eigenvalue weighted by molar-refractivity contribution is 0.121. The molecule has 2 aliphatic rings. The van der Waals surface area contributed by atoms with E-state index in [1.54, 1.807) is 0 Å². The summed E-state index contributed by atoms with van der Waals surface area (Å²) >= 11 is 0. The lowest BCUT2D eigenvalue weighted by atomic mass is 9.71. The second-order valence-corrected chi connectivity index (χ2v) is 7.78. The maximum absolute atomic E-state index is 3.74. The Morgan fingerprint density at radius 2 is 2.10 bits per heavy atom. The molecule has 1 saturated carbocycles. The van der Waals surface area contributed by atoms with Crippen molar-refractivity contribution in [1.29, 1.82) is 0 Å². The summed E-state index contributed by atoms with van der Waals surface area (Å²) in [6, 6.07) is 0.724. The summed E-state index contributed by atoms with van der Waals surface area (Å²) in [5.41, 5.74) is 5.40. The second-order valence-electron chi connectivity index (χ2n) is 7.78. The zero-order chi connectivity index (χ0) is 15.5. The van der Waals surface area contributed by atoms with Crippen LogP contribution in [0.1, 0.15) is 73.1 Å². The van der Waals surface area contributed by atoms with Gasteiger partial charge in [0, 0.05) is 18.0 Å². The van der Waals surface area contributed by atoms with Crippen LogP contribution < -0.4 is 5.32 Å². The SMILES string of the molecule is CCC(C)=C=CC12CCC(C(C)CCC(C)CC)C1NC2. The fourth-order valence-corrected chi connectivity index (χ4v) is 4.07. The molecule has 0 aromatic carbocycles. The molecule has 120 valence electrons. The Morgan fingerprint density at radius 1 is 1.33 bits per heavy atom. The Morgan fingerprint density at radius 3 is 2.67 bits per heavy atom. The normalized spacial score (nSPS) is 33.6. The van der Waals surface area contributed by atoms with E-state index >= 15 is 0 Å². The molecule has 2 fully saturated rings. The van der Waals surface area contributed by atoms with E-state index in [0.29, 0.717) is 5.41 Å². The van der Waals surface area contributed by atoms with E-state index in [1.807, 2.05) is 0 Å². The molecule has 0 aromatic heterocycles. The zero-order valence-electron chi connectivity index (χ0n) is 14.8. The quantitative estimate of drug-likeness (QED) is 0.625. The number of hydrogen-bond acceptors (Lipinski definition) is 1. The topological polar surface area (TPSA) is 12.0 Å². The van der Waals surface area contributed by atoms with Gasteiger partial charge in [0.05, 0.1) is 0 Å². The predicted molar refractivity (Wildman–Crippen MR) is 92.4 cm³/mol. The van der Waals surface area contributed by atoms with E-state index in [-0.39, 0.29) is 0 Å². The summed E-state index contributed by atoms with van der Waals surface area (Å²) in [5.74, 6) is 2.63. The summed E-state index contributed by atoms with van der Waals surface area (Å²) in [7, 11) is 0. The third-order valence-corrected chi connectivity index (χ3v) is 6.32. The summed E-state index contributed by atoms with van der Waals surface area (Å²) in [6.45, 7) is 12.8. The van der Waals surface area contributed by atoms with E-state index in [0.717, 1.165) is 30.2 Å². The molecule has 0 spiro atoms. The third-order valence-electron chi connectivity index (χ3n) is 6.32. The van der Waals surface area contributed by atoms with E-state index in [4.69, 9.17) is 0 Å². The highest BCUT2D eigenvalue weighted by atomic mass is 15.1. The summed E-state index contributed by atoms with van der Waals surface area (Å²) in [6.07, 6.45) is 10.5. The molecule has 5 unspecified atom stereocenters. The van der Waals surface area contributed by atoms with Gasteiger partial charge in [-0.1, -0.05) is 47.0 Å². The first-order valence-electron chi connectivity index (χ1n) is 9.19. The minimum Gasteiger partial charge on any atom is -0.312 e. The van der Waals surface area contributed by atoms with Crippen molar-refractivity contribution in [2.24, 2.45) is 23.2 Å². The van der Waals surface area contributed by atoms with Crippen molar-refractivity contribution in [2.45, 2.75) is 79.2 Å². The Hall–Kier alpha value is -0.520. The van der Waals surface area contributed by atoms with Crippen LogP contribution in [-0.4, -0.2) is 12.6 Å². The van der Waals surface area contributed by atoms with Gasteiger partial charge in [-0.2, -0.15) is 0 Å². The van der Waals surface area contributed by atoms with Crippen LogP contribution in [0, 0.1) is 23.2 Å². The monoisotopic (exact) mass is 289 g/mol. The van der Waals surface area contributed by atoms with Gasteiger partial charge in [-0.05, 0) is 55.6 Å².